The highest BCUT2D eigenvalue weighted by molar-refractivity contribution is 9.10. The number of likely N-dealkylation sites (tertiary alicyclic amines) is 1. The van der Waals surface area contributed by atoms with Crippen LogP contribution in [0.4, 0.5) is 0 Å². The number of carbonyl (C=O) groups is 1. The number of likely N-dealkylation sites (N-methyl/N-ethyl adjacent to an activating group) is 2. The van der Waals surface area contributed by atoms with Crippen molar-refractivity contribution in [3.63, 3.8) is 0 Å². The van der Waals surface area contributed by atoms with Gasteiger partial charge in [0.05, 0.1) is 16.8 Å². The predicted molar refractivity (Wildman–Crippen MR) is 137 cm³/mol. The van der Waals surface area contributed by atoms with E-state index < -0.39 is 0 Å². The summed E-state index contributed by atoms with van der Waals surface area (Å²) in [7, 11) is 4.05. The maximum absolute atomic E-state index is 13.5. The minimum Gasteiger partial charge on any atom is -0.340 e. The summed E-state index contributed by atoms with van der Waals surface area (Å²) in [5, 5.41) is 0.875. The number of nitrogens with zero attached hydrogens (tertiary/aromatic N) is 3. The molecule has 3 aromatic rings. The molecule has 1 atom stereocenters. The predicted octanol–water partition coefficient (Wildman–Crippen LogP) is 5.90. The highest BCUT2D eigenvalue weighted by Gasteiger charge is 2.25. The normalized spacial score (nSPS) is 16.8. The molecule has 1 fully saturated rings. The van der Waals surface area contributed by atoms with E-state index in [9.17, 15) is 4.79 Å². The Hall–Kier alpha value is -2.50. The van der Waals surface area contributed by atoms with Crippen LogP contribution in [0.15, 0.2) is 53.0 Å². The molecule has 1 saturated heterocycles. The number of aryl methyl sites for hydroxylation is 1. The molecule has 0 unspecified atom stereocenters. The lowest BCUT2D eigenvalue weighted by molar-refractivity contribution is 0.0763. The van der Waals surface area contributed by atoms with Gasteiger partial charge in [-0.15, -0.1) is 0 Å². The number of benzene rings is 2. The highest BCUT2D eigenvalue weighted by atomic mass is 79.9. The SMILES string of the molecule is CCc1ccc(/C=C/c2cc(C(=O)N(C)C[C@@H]3CCCN3C)c3cc(Br)ccc3n2)cc1. The van der Waals surface area contributed by atoms with Gasteiger partial charge in [0.25, 0.3) is 5.91 Å². The molecule has 1 aromatic heterocycles. The molecule has 2 heterocycles. The molecule has 5 heteroatoms. The van der Waals surface area contributed by atoms with Crippen LogP contribution in [0.25, 0.3) is 23.1 Å². The standard InChI is InChI=1S/C27H30BrN3O/c1-4-19-7-9-20(10-8-19)11-13-22-17-25(24-16-21(28)12-14-26(24)29-22)27(32)31(3)18-23-6-5-15-30(23)2/h7-14,16-17,23H,4-6,15,18H2,1-3H3/b13-11+/t23-/m0/s1. The van der Waals surface area contributed by atoms with Gasteiger partial charge in [-0.3, -0.25) is 4.79 Å². The van der Waals surface area contributed by atoms with Crippen LogP contribution in [0.1, 0.15) is 46.9 Å². The number of fused-ring (bicyclic) bond motifs is 1. The van der Waals surface area contributed by atoms with Crippen LogP contribution < -0.4 is 0 Å². The molecule has 1 aliphatic heterocycles. The summed E-state index contributed by atoms with van der Waals surface area (Å²) in [6, 6.07) is 16.8. The van der Waals surface area contributed by atoms with Crippen LogP contribution in [0.5, 0.6) is 0 Å². The van der Waals surface area contributed by atoms with E-state index in [1.165, 1.54) is 12.0 Å². The van der Waals surface area contributed by atoms with Crippen molar-refractivity contribution in [2.24, 2.45) is 0 Å². The summed E-state index contributed by atoms with van der Waals surface area (Å²) in [5.41, 5.74) is 4.75. The molecule has 4 nitrogen and oxygen atoms in total. The fraction of sp³-hybridized carbons (Fsp3) is 0.333. The molecule has 0 N–H and O–H groups in total. The fourth-order valence-corrected chi connectivity index (χ4v) is 4.70. The lowest BCUT2D eigenvalue weighted by atomic mass is 10.0. The molecule has 1 aliphatic rings. The smallest absolute Gasteiger partial charge is 0.254 e. The average molecular weight is 492 g/mol. The average Bonchev–Trinajstić information content (AvgIpc) is 3.21. The van der Waals surface area contributed by atoms with Crippen LogP contribution in [-0.2, 0) is 6.42 Å². The Morgan fingerprint density at radius 1 is 1.19 bits per heavy atom. The number of carbonyl (C=O) groups excluding carboxylic acids is 1. The summed E-state index contributed by atoms with van der Waals surface area (Å²) in [6.07, 6.45) is 7.41. The van der Waals surface area contributed by atoms with E-state index in [4.69, 9.17) is 4.98 Å². The molecule has 0 saturated carbocycles. The molecule has 2 aromatic carbocycles. The Labute approximate surface area is 199 Å². The van der Waals surface area contributed by atoms with Gasteiger partial charge in [0.1, 0.15) is 0 Å². The lowest BCUT2D eigenvalue weighted by Gasteiger charge is -2.26. The zero-order chi connectivity index (χ0) is 22.7. The Morgan fingerprint density at radius 3 is 2.66 bits per heavy atom. The molecule has 32 heavy (non-hydrogen) atoms. The Morgan fingerprint density at radius 2 is 1.97 bits per heavy atom. The first-order valence-electron chi connectivity index (χ1n) is 11.3. The van der Waals surface area contributed by atoms with E-state index in [0.717, 1.165) is 52.6 Å². The summed E-state index contributed by atoms with van der Waals surface area (Å²) < 4.78 is 0.943. The molecule has 166 valence electrons. The number of hydrogen-bond acceptors (Lipinski definition) is 3. The Bertz CT molecular complexity index is 1140. The number of halogens is 1. The van der Waals surface area contributed by atoms with Crippen LogP contribution in [-0.4, -0.2) is 53.9 Å². The Kier molecular flexibility index (Phi) is 7.07. The van der Waals surface area contributed by atoms with Gasteiger partial charge < -0.3 is 9.80 Å². The second-order valence-electron chi connectivity index (χ2n) is 8.65. The molecular weight excluding hydrogens is 462 g/mol. The lowest BCUT2D eigenvalue weighted by Crippen LogP contribution is -2.39. The Balaban J connectivity index is 1.65. The van der Waals surface area contributed by atoms with Crippen molar-refractivity contribution >= 4 is 44.9 Å². The quantitative estimate of drug-likeness (QED) is 0.430. The summed E-state index contributed by atoms with van der Waals surface area (Å²) in [5.74, 6) is 0.0396. The molecule has 0 aliphatic carbocycles. The van der Waals surface area contributed by atoms with E-state index in [2.05, 4.69) is 65.1 Å². The monoisotopic (exact) mass is 491 g/mol. The summed E-state index contributed by atoms with van der Waals surface area (Å²) >= 11 is 3.55. The van der Waals surface area contributed by atoms with Gasteiger partial charge in [0.2, 0.25) is 0 Å². The minimum absolute atomic E-state index is 0.0396. The molecular formula is C27H30BrN3O. The zero-order valence-electron chi connectivity index (χ0n) is 19.0. The van der Waals surface area contributed by atoms with Crippen molar-refractivity contribution in [2.45, 2.75) is 32.2 Å². The van der Waals surface area contributed by atoms with Crippen LogP contribution >= 0.6 is 15.9 Å². The van der Waals surface area contributed by atoms with Crippen LogP contribution in [0.2, 0.25) is 0 Å². The minimum atomic E-state index is 0.0396. The van der Waals surface area contributed by atoms with Crippen molar-refractivity contribution in [2.75, 3.05) is 27.2 Å². The number of rotatable bonds is 6. The summed E-state index contributed by atoms with van der Waals surface area (Å²) in [4.78, 5) is 22.5. The van der Waals surface area contributed by atoms with Crippen LogP contribution in [0.3, 0.4) is 0 Å². The third-order valence-electron chi connectivity index (χ3n) is 6.36. The molecule has 0 bridgehead atoms. The number of hydrogen-bond donors (Lipinski definition) is 0. The first kappa shape index (κ1) is 22.7. The third kappa shape index (κ3) is 5.11. The van der Waals surface area contributed by atoms with Gasteiger partial charge in [-0.1, -0.05) is 53.2 Å². The van der Waals surface area contributed by atoms with Crippen molar-refractivity contribution in [3.05, 3.63) is 75.4 Å². The second kappa shape index (κ2) is 9.97. The van der Waals surface area contributed by atoms with Gasteiger partial charge >= 0.3 is 0 Å². The summed E-state index contributed by atoms with van der Waals surface area (Å²) in [6.45, 7) is 4.00. The highest BCUT2D eigenvalue weighted by Crippen LogP contribution is 2.25. The van der Waals surface area contributed by atoms with E-state index in [1.54, 1.807) is 0 Å². The van der Waals surface area contributed by atoms with E-state index >= 15 is 0 Å². The van der Waals surface area contributed by atoms with Gasteiger partial charge in [-0.25, -0.2) is 4.98 Å². The van der Waals surface area contributed by atoms with E-state index in [1.807, 2.05) is 42.3 Å². The topological polar surface area (TPSA) is 36.4 Å². The molecule has 0 spiro atoms. The van der Waals surface area contributed by atoms with Crippen LogP contribution in [0, 0.1) is 0 Å². The van der Waals surface area contributed by atoms with Crippen molar-refractivity contribution in [1.82, 2.24) is 14.8 Å². The second-order valence-corrected chi connectivity index (χ2v) is 9.56. The van der Waals surface area contributed by atoms with E-state index in [0.29, 0.717) is 11.6 Å². The fourth-order valence-electron chi connectivity index (χ4n) is 4.34. The first-order chi connectivity index (χ1) is 15.4. The molecule has 4 rings (SSSR count). The molecule has 0 radical (unpaired) electrons. The zero-order valence-corrected chi connectivity index (χ0v) is 20.6. The third-order valence-corrected chi connectivity index (χ3v) is 6.85. The van der Waals surface area contributed by atoms with Gasteiger partial charge in [-0.2, -0.15) is 0 Å². The van der Waals surface area contributed by atoms with Gasteiger partial charge in [-0.05, 0) is 74.3 Å². The first-order valence-corrected chi connectivity index (χ1v) is 12.1. The number of amides is 1. The van der Waals surface area contributed by atoms with Crippen molar-refractivity contribution in [1.29, 1.82) is 0 Å². The maximum atomic E-state index is 13.5. The van der Waals surface area contributed by atoms with Crippen molar-refractivity contribution < 1.29 is 4.79 Å². The number of aromatic nitrogens is 1. The van der Waals surface area contributed by atoms with E-state index in [-0.39, 0.29) is 5.91 Å². The van der Waals surface area contributed by atoms with Gasteiger partial charge in [0, 0.05) is 29.5 Å². The molecule has 1 amide bonds. The maximum Gasteiger partial charge on any atom is 0.254 e. The van der Waals surface area contributed by atoms with Gasteiger partial charge in [0.15, 0.2) is 0 Å². The number of pyridine rings is 1. The largest absolute Gasteiger partial charge is 0.340 e. The van der Waals surface area contributed by atoms with Crippen molar-refractivity contribution in [3.8, 4) is 0 Å².